The molecule has 38 heavy (non-hydrogen) atoms. The number of amides is 1. The van der Waals surface area contributed by atoms with E-state index >= 15 is 0 Å². The topological polar surface area (TPSA) is 95.0 Å². The third kappa shape index (κ3) is 5.54. The van der Waals surface area contributed by atoms with Crippen LogP contribution in [0.1, 0.15) is 62.4 Å². The molecule has 2 atom stereocenters. The van der Waals surface area contributed by atoms with Gasteiger partial charge in [0.1, 0.15) is 5.56 Å². The van der Waals surface area contributed by atoms with E-state index < -0.39 is 10.0 Å². The lowest BCUT2D eigenvalue weighted by molar-refractivity contribution is 0.0844. The summed E-state index contributed by atoms with van der Waals surface area (Å²) in [5, 5.41) is 4.05. The van der Waals surface area contributed by atoms with Crippen LogP contribution in [-0.4, -0.2) is 96.6 Å². The number of pyridine rings is 1. The van der Waals surface area contributed by atoms with Gasteiger partial charge in [0.25, 0.3) is 11.5 Å². The van der Waals surface area contributed by atoms with E-state index in [0.717, 1.165) is 56.2 Å². The molecule has 4 heterocycles. The molecule has 1 aromatic heterocycles. The Morgan fingerprint density at radius 3 is 2.37 bits per heavy atom. The van der Waals surface area contributed by atoms with Gasteiger partial charge in [-0.15, -0.1) is 0 Å². The van der Waals surface area contributed by atoms with Gasteiger partial charge in [-0.1, -0.05) is 18.2 Å². The van der Waals surface area contributed by atoms with Crippen molar-refractivity contribution in [3.05, 3.63) is 46.2 Å². The first-order valence-electron chi connectivity index (χ1n) is 14.0. The number of likely N-dealkylation sites (N-methyl/N-ethyl adjacent to an activating group) is 1. The van der Waals surface area contributed by atoms with E-state index in [9.17, 15) is 18.0 Å². The van der Waals surface area contributed by atoms with E-state index in [1.807, 2.05) is 45.2 Å². The highest BCUT2D eigenvalue weighted by atomic mass is 32.2. The second-order valence-corrected chi connectivity index (χ2v) is 13.6. The van der Waals surface area contributed by atoms with E-state index in [0.29, 0.717) is 31.6 Å². The predicted octanol–water partition coefficient (Wildman–Crippen LogP) is 2.27. The number of rotatable bonds is 8. The number of hydrogen-bond donors (Lipinski definition) is 1. The summed E-state index contributed by atoms with van der Waals surface area (Å²) in [5.41, 5.74) is 0.782. The van der Waals surface area contributed by atoms with Crippen molar-refractivity contribution in [2.75, 3.05) is 45.5 Å². The molecule has 0 saturated carbocycles. The minimum Gasteiger partial charge on any atom is -0.349 e. The average Bonchev–Trinajstić information content (AvgIpc) is 3.11. The van der Waals surface area contributed by atoms with Gasteiger partial charge in [0.15, 0.2) is 0 Å². The van der Waals surface area contributed by atoms with Crippen LogP contribution in [0.15, 0.2) is 35.1 Å². The number of para-hydroxylation sites is 1. The van der Waals surface area contributed by atoms with Gasteiger partial charge >= 0.3 is 0 Å². The number of nitrogens with one attached hydrogen (secondary N) is 1. The molecular weight excluding hydrogens is 502 g/mol. The summed E-state index contributed by atoms with van der Waals surface area (Å²) in [4.78, 5) is 31.2. The van der Waals surface area contributed by atoms with Crippen LogP contribution in [0.4, 0.5) is 0 Å². The molecule has 3 saturated heterocycles. The average molecular weight is 544 g/mol. The minimum atomic E-state index is -3.22. The Kier molecular flexibility index (Phi) is 7.96. The Labute approximate surface area is 225 Å². The zero-order chi connectivity index (χ0) is 27.0. The molecular formula is C28H41N5O4S. The van der Waals surface area contributed by atoms with Gasteiger partial charge in [0, 0.05) is 50.3 Å². The lowest BCUT2D eigenvalue weighted by Gasteiger charge is -2.39. The highest BCUT2D eigenvalue weighted by Gasteiger charge is 2.41. The molecule has 0 spiro atoms. The van der Waals surface area contributed by atoms with Gasteiger partial charge in [-0.05, 0) is 77.1 Å². The smallest absolute Gasteiger partial charge is 0.264 e. The van der Waals surface area contributed by atoms with Crippen LogP contribution in [0.2, 0.25) is 0 Å². The van der Waals surface area contributed by atoms with Gasteiger partial charge < -0.3 is 14.8 Å². The molecule has 3 fully saturated rings. The maximum atomic E-state index is 13.3. The number of carbonyl (C=O) groups excluding carboxylic acids is 1. The van der Waals surface area contributed by atoms with Crippen molar-refractivity contribution in [2.24, 2.45) is 0 Å². The Bertz CT molecular complexity index is 1320. The number of piperidine rings is 1. The van der Waals surface area contributed by atoms with Crippen LogP contribution in [0.25, 0.3) is 10.9 Å². The van der Waals surface area contributed by atoms with Crippen LogP contribution in [0.3, 0.4) is 0 Å². The van der Waals surface area contributed by atoms with Crippen molar-refractivity contribution in [1.29, 1.82) is 0 Å². The molecule has 1 amide bonds. The predicted molar refractivity (Wildman–Crippen MR) is 150 cm³/mol. The van der Waals surface area contributed by atoms with Crippen LogP contribution >= 0.6 is 0 Å². The molecule has 2 unspecified atom stereocenters. The normalized spacial score (nSPS) is 25.3. The zero-order valence-corrected chi connectivity index (χ0v) is 23.6. The SMILES string of the molecule is CC(C)n1c(=O)c(C(=O)NC2CC3CCC(C2)N3CCCS(=O)(=O)N2CCN(C)CC2)cc2ccccc21. The van der Waals surface area contributed by atoms with Crippen molar-refractivity contribution in [1.82, 2.24) is 24.0 Å². The molecule has 9 nitrogen and oxygen atoms in total. The Morgan fingerprint density at radius 2 is 1.71 bits per heavy atom. The lowest BCUT2D eigenvalue weighted by Crippen LogP contribution is -2.51. The fourth-order valence-electron chi connectivity index (χ4n) is 6.61. The highest BCUT2D eigenvalue weighted by molar-refractivity contribution is 7.89. The molecule has 0 radical (unpaired) electrons. The number of benzene rings is 1. The zero-order valence-electron chi connectivity index (χ0n) is 22.8. The van der Waals surface area contributed by atoms with E-state index in [4.69, 9.17) is 0 Å². The number of piperazine rings is 1. The summed E-state index contributed by atoms with van der Waals surface area (Å²) in [5.74, 6) is -0.108. The van der Waals surface area contributed by atoms with Crippen LogP contribution in [-0.2, 0) is 10.0 Å². The molecule has 3 aliphatic heterocycles. The molecule has 0 aliphatic carbocycles. The Hall–Kier alpha value is -2.27. The maximum absolute atomic E-state index is 13.3. The van der Waals surface area contributed by atoms with Crippen molar-refractivity contribution in [3.8, 4) is 0 Å². The molecule has 3 aliphatic rings. The standard InChI is InChI=1S/C28H41N5O4S/c1-20(2)33-26-8-5-4-7-21(26)17-25(28(33)35)27(34)29-22-18-23-9-10-24(19-22)32(23)11-6-16-38(36,37)31-14-12-30(3)13-15-31/h4-5,7-8,17,20,22-24H,6,9-16,18-19H2,1-3H3,(H,29,34). The quantitative estimate of drug-likeness (QED) is 0.549. The second kappa shape index (κ2) is 11.1. The summed E-state index contributed by atoms with van der Waals surface area (Å²) in [6, 6.07) is 10.0. The summed E-state index contributed by atoms with van der Waals surface area (Å²) >= 11 is 0. The first-order chi connectivity index (χ1) is 18.1. The van der Waals surface area contributed by atoms with E-state index in [1.165, 1.54) is 0 Å². The van der Waals surface area contributed by atoms with Crippen LogP contribution in [0.5, 0.6) is 0 Å². The van der Waals surface area contributed by atoms with Crippen molar-refractivity contribution in [2.45, 2.75) is 70.1 Å². The van der Waals surface area contributed by atoms with Gasteiger partial charge in [0.05, 0.1) is 11.3 Å². The number of aromatic nitrogens is 1. The number of carbonyl (C=O) groups is 1. The van der Waals surface area contributed by atoms with Gasteiger partial charge in [-0.3, -0.25) is 14.5 Å². The van der Waals surface area contributed by atoms with Crippen LogP contribution < -0.4 is 10.9 Å². The number of nitrogens with zero attached hydrogens (tertiary/aromatic N) is 4. The molecule has 208 valence electrons. The second-order valence-electron chi connectivity index (χ2n) is 11.5. The number of hydrogen-bond acceptors (Lipinski definition) is 6. The van der Waals surface area contributed by atoms with E-state index in [2.05, 4.69) is 15.1 Å². The van der Waals surface area contributed by atoms with E-state index in [1.54, 1.807) is 14.9 Å². The van der Waals surface area contributed by atoms with Gasteiger partial charge in [-0.2, -0.15) is 4.31 Å². The minimum absolute atomic E-state index is 0.0173. The largest absolute Gasteiger partial charge is 0.349 e. The fraction of sp³-hybridized carbons (Fsp3) is 0.643. The third-order valence-electron chi connectivity index (χ3n) is 8.60. The van der Waals surface area contributed by atoms with Crippen LogP contribution in [0, 0.1) is 0 Å². The first-order valence-corrected chi connectivity index (χ1v) is 15.6. The maximum Gasteiger partial charge on any atom is 0.264 e. The molecule has 1 N–H and O–H groups in total. The summed E-state index contributed by atoms with van der Waals surface area (Å²) in [7, 11) is -1.19. The number of sulfonamides is 1. The Morgan fingerprint density at radius 1 is 1.05 bits per heavy atom. The lowest BCUT2D eigenvalue weighted by atomic mass is 9.96. The molecule has 1 aromatic carbocycles. The molecule has 10 heteroatoms. The van der Waals surface area contributed by atoms with Crippen molar-refractivity contribution < 1.29 is 13.2 Å². The van der Waals surface area contributed by atoms with Gasteiger partial charge in [-0.25, -0.2) is 8.42 Å². The van der Waals surface area contributed by atoms with E-state index in [-0.39, 0.29) is 34.9 Å². The highest BCUT2D eigenvalue weighted by Crippen LogP contribution is 2.36. The molecule has 2 aromatic rings. The fourth-order valence-corrected chi connectivity index (χ4v) is 8.08. The monoisotopic (exact) mass is 543 g/mol. The molecule has 5 rings (SSSR count). The van der Waals surface area contributed by atoms with Crippen molar-refractivity contribution >= 4 is 26.8 Å². The summed E-state index contributed by atoms with van der Waals surface area (Å²) < 4.78 is 29.0. The van der Waals surface area contributed by atoms with Gasteiger partial charge in [0.2, 0.25) is 10.0 Å². The number of fused-ring (bicyclic) bond motifs is 3. The third-order valence-corrected chi connectivity index (χ3v) is 10.6. The summed E-state index contributed by atoms with van der Waals surface area (Å²) in [6.45, 7) is 7.41. The first kappa shape index (κ1) is 27.3. The molecule has 2 bridgehead atoms. The summed E-state index contributed by atoms with van der Waals surface area (Å²) in [6.07, 6.45) is 4.43. The Balaban J connectivity index is 1.19. The van der Waals surface area contributed by atoms with Crippen molar-refractivity contribution in [3.63, 3.8) is 0 Å².